The van der Waals surface area contributed by atoms with Crippen LogP contribution >= 0.6 is 0 Å². The molecule has 4 nitrogen and oxygen atoms in total. The zero-order chi connectivity index (χ0) is 9.42. The largest absolute Gasteiger partial charge is 0.478 e. The molecule has 0 saturated carbocycles. The molecule has 2 aromatic heterocycles. The minimum Gasteiger partial charge on any atom is -0.478 e. The second-order valence-corrected chi connectivity index (χ2v) is 2.82. The van der Waals surface area contributed by atoms with Gasteiger partial charge in [0.25, 0.3) is 0 Å². The Labute approximate surface area is 74.5 Å². The van der Waals surface area contributed by atoms with Crippen LogP contribution in [0.15, 0.2) is 24.5 Å². The summed E-state index contributed by atoms with van der Waals surface area (Å²) in [4.78, 5) is 14.7. The van der Waals surface area contributed by atoms with Crippen LogP contribution in [0.25, 0.3) is 5.52 Å². The van der Waals surface area contributed by atoms with E-state index < -0.39 is 5.97 Å². The lowest BCUT2D eigenvalue weighted by molar-refractivity contribution is 0.0696. The van der Waals surface area contributed by atoms with Crippen LogP contribution in [0.5, 0.6) is 0 Å². The number of imidazole rings is 1. The lowest BCUT2D eigenvalue weighted by Crippen LogP contribution is -1.99. The Bertz CT molecular complexity index is 473. The van der Waals surface area contributed by atoms with Gasteiger partial charge in [0.05, 0.1) is 17.3 Å². The van der Waals surface area contributed by atoms with Gasteiger partial charge < -0.3 is 9.51 Å². The molecule has 0 amide bonds. The summed E-state index contributed by atoms with van der Waals surface area (Å²) in [7, 11) is 0. The fraction of sp³-hybridized carbons (Fsp3) is 0.111. The lowest BCUT2D eigenvalue weighted by Gasteiger charge is -1.97. The van der Waals surface area contributed by atoms with Gasteiger partial charge in [-0.1, -0.05) is 0 Å². The van der Waals surface area contributed by atoms with E-state index in [0.29, 0.717) is 0 Å². The van der Waals surface area contributed by atoms with Crippen LogP contribution in [0.1, 0.15) is 16.2 Å². The molecule has 66 valence electrons. The van der Waals surface area contributed by atoms with E-state index in [4.69, 9.17) is 5.11 Å². The zero-order valence-electron chi connectivity index (χ0n) is 7.06. The molecule has 0 saturated heterocycles. The molecule has 4 heteroatoms. The molecule has 2 heterocycles. The quantitative estimate of drug-likeness (QED) is 0.713. The van der Waals surface area contributed by atoms with Gasteiger partial charge in [-0.2, -0.15) is 0 Å². The summed E-state index contributed by atoms with van der Waals surface area (Å²) < 4.78 is 1.75. The Kier molecular flexibility index (Phi) is 1.55. The van der Waals surface area contributed by atoms with E-state index in [1.54, 1.807) is 28.9 Å². The first-order valence-corrected chi connectivity index (χ1v) is 3.85. The predicted octanol–water partition coefficient (Wildman–Crippen LogP) is 1.34. The summed E-state index contributed by atoms with van der Waals surface area (Å²) in [5, 5.41) is 8.74. The summed E-state index contributed by atoms with van der Waals surface area (Å²) in [5.74, 6) is -0.131. The third-order valence-corrected chi connectivity index (χ3v) is 1.96. The molecule has 0 spiro atoms. The highest BCUT2D eigenvalue weighted by Crippen LogP contribution is 2.08. The number of fused-ring (bicyclic) bond motifs is 1. The van der Waals surface area contributed by atoms with Crippen LogP contribution in [0.3, 0.4) is 0 Å². The molecule has 0 aromatic carbocycles. The number of hydrogen-bond acceptors (Lipinski definition) is 2. The van der Waals surface area contributed by atoms with Gasteiger partial charge in [-0.15, -0.1) is 0 Å². The normalized spacial score (nSPS) is 10.5. The molecular weight excluding hydrogens is 168 g/mol. The van der Waals surface area contributed by atoms with Crippen molar-refractivity contribution in [2.75, 3.05) is 0 Å². The van der Waals surface area contributed by atoms with Gasteiger partial charge in [0, 0.05) is 6.20 Å². The molecule has 13 heavy (non-hydrogen) atoms. The molecule has 0 aliphatic rings. The van der Waals surface area contributed by atoms with Crippen molar-refractivity contribution in [3.8, 4) is 0 Å². The Hall–Kier alpha value is -1.84. The highest BCUT2D eigenvalue weighted by Gasteiger charge is 2.04. The molecular formula is C9H8N2O2. The van der Waals surface area contributed by atoms with Crippen molar-refractivity contribution < 1.29 is 9.90 Å². The van der Waals surface area contributed by atoms with Crippen molar-refractivity contribution in [3.63, 3.8) is 0 Å². The van der Waals surface area contributed by atoms with Crippen LogP contribution in [-0.2, 0) is 0 Å². The SMILES string of the molecule is Cc1ncc2ccc(C(=O)O)cn12. The van der Waals surface area contributed by atoms with Crippen LogP contribution < -0.4 is 0 Å². The van der Waals surface area contributed by atoms with E-state index >= 15 is 0 Å². The molecule has 0 radical (unpaired) electrons. The van der Waals surface area contributed by atoms with E-state index in [0.717, 1.165) is 11.3 Å². The number of aromatic nitrogens is 2. The number of nitrogens with zero attached hydrogens (tertiary/aromatic N) is 2. The van der Waals surface area contributed by atoms with Gasteiger partial charge >= 0.3 is 5.97 Å². The van der Waals surface area contributed by atoms with Crippen LogP contribution in [0.2, 0.25) is 0 Å². The second-order valence-electron chi connectivity index (χ2n) is 2.82. The van der Waals surface area contributed by atoms with E-state index in [-0.39, 0.29) is 5.56 Å². The second kappa shape index (κ2) is 2.58. The molecule has 2 aromatic rings. The minimum atomic E-state index is -0.921. The maximum absolute atomic E-state index is 10.6. The number of aromatic carboxylic acids is 1. The number of rotatable bonds is 1. The first kappa shape index (κ1) is 7.79. The first-order chi connectivity index (χ1) is 6.18. The molecule has 0 aliphatic carbocycles. The zero-order valence-corrected chi connectivity index (χ0v) is 7.06. The number of aryl methyl sites for hydroxylation is 1. The van der Waals surface area contributed by atoms with Crippen molar-refractivity contribution >= 4 is 11.5 Å². The number of carboxylic acid groups (broad SMARTS) is 1. The molecule has 2 rings (SSSR count). The predicted molar refractivity (Wildman–Crippen MR) is 46.9 cm³/mol. The van der Waals surface area contributed by atoms with E-state index in [2.05, 4.69) is 4.98 Å². The monoisotopic (exact) mass is 176 g/mol. The Morgan fingerprint density at radius 2 is 2.31 bits per heavy atom. The molecule has 0 bridgehead atoms. The summed E-state index contributed by atoms with van der Waals surface area (Å²) in [6.07, 6.45) is 3.28. The topological polar surface area (TPSA) is 54.6 Å². The fourth-order valence-corrected chi connectivity index (χ4v) is 1.25. The fourth-order valence-electron chi connectivity index (χ4n) is 1.25. The van der Waals surface area contributed by atoms with Gasteiger partial charge in [-0.3, -0.25) is 0 Å². The standard InChI is InChI=1S/C9H8N2O2/c1-6-10-4-8-3-2-7(9(12)13)5-11(6)8/h2-5H,1H3,(H,12,13). The Balaban J connectivity index is 2.72. The summed E-state index contributed by atoms with van der Waals surface area (Å²) in [6.45, 7) is 1.83. The van der Waals surface area contributed by atoms with Crippen molar-refractivity contribution in [2.24, 2.45) is 0 Å². The van der Waals surface area contributed by atoms with Gasteiger partial charge in [0.1, 0.15) is 5.82 Å². The van der Waals surface area contributed by atoms with Crippen LogP contribution in [0, 0.1) is 6.92 Å². The van der Waals surface area contributed by atoms with Gasteiger partial charge in [0.15, 0.2) is 0 Å². The Morgan fingerprint density at radius 1 is 1.54 bits per heavy atom. The third kappa shape index (κ3) is 1.16. The number of pyridine rings is 1. The summed E-state index contributed by atoms with van der Waals surface area (Å²) in [6, 6.07) is 3.31. The number of carbonyl (C=O) groups is 1. The van der Waals surface area contributed by atoms with Crippen molar-refractivity contribution in [2.45, 2.75) is 6.92 Å². The minimum absolute atomic E-state index is 0.272. The summed E-state index contributed by atoms with van der Waals surface area (Å²) in [5.41, 5.74) is 1.18. The van der Waals surface area contributed by atoms with E-state index in [1.807, 2.05) is 6.92 Å². The van der Waals surface area contributed by atoms with Gasteiger partial charge in [0.2, 0.25) is 0 Å². The van der Waals surface area contributed by atoms with Crippen molar-refractivity contribution in [3.05, 3.63) is 35.9 Å². The average Bonchev–Trinajstić information content (AvgIpc) is 2.47. The lowest BCUT2D eigenvalue weighted by atomic mass is 10.3. The molecule has 1 N–H and O–H groups in total. The molecule has 0 aliphatic heterocycles. The maximum atomic E-state index is 10.6. The highest BCUT2D eigenvalue weighted by molar-refractivity contribution is 5.87. The van der Waals surface area contributed by atoms with Gasteiger partial charge in [-0.25, -0.2) is 9.78 Å². The molecule has 0 fully saturated rings. The van der Waals surface area contributed by atoms with E-state index in [9.17, 15) is 4.79 Å². The van der Waals surface area contributed by atoms with Crippen molar-refractivity contribution in [1.29, 1.82) is 0 Å². The average molecular weight is 176 g/mol. The Morgan fingerprint density at radius 3 is 3.00 bits per heavy atom. The van der Waals surface area contributed by atoms with Gasteiger partial charge in [-0.05, 0) is 19.1 Å². The van der Waals surface area contributed by atoms with Crippen LogP contribution in [0.4, 0.5) is 0 Å². The van der Waals surface area contributed by atoms with Crippen molar-refractivity contribution in [1.82, 2.24) is 9.38 Å². The summed E-state index contributed by atoms with van der Waals surface area (Å²) >= 11 is 0. The number of hydrogen-bond donors (Lipinski definition) is 1. The third-order valence-electron chi connectivity index (χ3n) is 1.96. The first-order valence-electron chi connectivity index (χ1n) is 3.85. The molecule has 0 unspecified atom stereocenters. The smallest absolute Gasteiger partial charge is 0.337 e. The van der Waals surface area contributed by atoms with Crippen LogP contribution in [-0.4, -0.2) is 20.5 Å². The highest BCUT2D eigenvalue weighted by atomic mass is 16.4. The number of carboxylic acids is 1. The van der Waals surface area contributed by atoms with E-state index in [1.165, 1.54) is 0 Å². The maximum Gasteiger partial charge on any atom is 0.337 e. The molecule has 0 atom stereocenters.